The summed E-state index contributed by atoms with van der Waals surface area (Å²) in [7, 11) is -0.620. The van der Waals surface area contributed by atoms with Gasteiger partial charge in [0.25, 0.3) is 0 Å². The fourth-order valence-electron chi connectivity index (χ4n) is 1.71. The summed E-state index contributed by atoms with van der Waals surface area (Å²) < 4.78 is 0. The largest absolute Gasteiger partial charge is 0.388 e. The fourth-order valence-corrected chi connectivity index (χ4v) is 3.35. The third kappa shape index (κ3) is 2.70. The summed E-state index contributed by atoms with van der Waals surface area (Å²) in [6.07, 6.45) is -0.378. The first kappa shape index (κ1) is 12.2. The minimum atomic E-state index is -0.620. The lowest BCUT2D eigenvalue weighted by Crippen LogP contribution is -2.03. The number of aryl methyl sites for hydroxylation is 1. The second kappa shape index (κ2) is 4.94. The molecule has 1 heterocycles. The van der Waals surface area contributed by atoms with Gasteiger partial charge in [0.15, 0.2) is 5.12 Å². The molecule has 2 unspecified atom stereocenters. The second-order valence-corrected chi connectivity index (χ2v) is 6.03. The van der Waals surface area contributed by atoms with E-state index in [0.717, 1.165) is 16.3 Å². The molecule has 0 aliphatic carbocycles. The number of aliphatic hydroxyl groups excluding tert-OH is 1. The van der Waals surface area contributed by atoms with E-state index in [9.17, 15) is 9.90 Å². The van der Waals surface area contributed by atoms with Crippen LogP contribution in [0.3, 0.4) is 0 Å². The molecule has 0 fully saturated rings. The maximum Gasteiger partial charge on any atom is 0.191 e. The maximum atomic E-state index is 11.6. The second-order valence-electron chi connectivity index (χ2n) is 4.03. The highest BCUT2D eigenvalue weighted by Gasteiger charge is 2.22. The van der Waals surface area contributed by atoms with E-state index in [0.29, 0.717) is 0 Å². The molecular formula is C13H15NO2S. The van der Waals surface area contributed by atoms with Crippen LogP contribution in [0.15, 0.2) is 29.3 Å². The molecule has 4 heteroatoms. The Morgan fingerprint density at radius 3 is 2.76 bits per heavy atom. The van der Waals surface area contributed by atoms with Gasteiger partial charge in [0.2, 0.25) is 0 Å². The minimum Gasteiger partial charge on any atom is -0.388 e. The monoisotopic (exact) mass is 249 g/mol. The van der Waals surface area contributed by atoms with Crippen LogP contribution in [0.2, 0.25) is 0 Å². The Morgan fingerprint density at radius 1 is 1.47 bits per heavy atom. The van der Waals surface area contributed by atoms with Gasteiger partial charge in [0.1, 0.15) is 0 Å². The summed E-state index contributed by atoms with van der Waals surface area (Å²) in [5.41, 5.74) is 1.97. The molecule has 1 aromatic carbocycles. The zero-order valence-electron chi connectivity index (χ0n) is 9.88. The van der Waals surface area contributed by atoms with E-state index in [1.165, 1.54) is 0 Å². The van der Waals surface area contributed by atoms with Crippen LogP contribution in [0, 0.1) is 6.92 Å². The van der Waals surface area contributed by atoms with E-state index in [1.54, 1.807) is 5.37 Å². The van der Waals surface area contributed by atoms with E-state index in [-0.39, 0.29) is 11.5 Å². The molecule has 1 aromatic rings. The van der Waals surface area contributed by atoms with Gasteiger partial charge in [-0.2, -0.15) is 0 Å². The van der Waals surface area contributed by atoms with Crippen LogP contribution < -0.4 is 0 Å². The third-order valence-electron chi connectivity index (χ3n) is 2.63. The molecule has 0 spiro atoms. The Morgan fingerprint density at radius 2 is 2.18 bits per heavy atom. The van der Waals surface area contributed by atoms with Crippen LogP contribution in [0.5, 0.6) is 0 Å². The third-order valence-corrected chi connectivity index (χ3v) is 4.60. The number of aliphatic imine (C=N–C) groups is 1. The topological polar surface area (TPSA) is 49.7 Å². The zero-order valence-corrected chi connectivity index (χ0v) is 10.7. The molecule has 17 heavy (non-hydrogen) atoms. The summed E-state index contributed by atoms with van der Waals surface area (Å²) in [6, 6.07) is 7.81. The highest BCUT2D eigenvalue weighted by Crippen LogP contribution is 2.28. The van der Waals surface area contributed by atoms with E-state index in [2.05, 4.69) is 4.99 Å². The van der Waals surface area contributed by atoms with E-state index in [1.807, 2.05) is 38.1 Å². The molecule has 90 valence electrons. The molecule has 2 rings (SSSR count). The number of benzene rings is 1. The highest BCUT2D eigenvalue weighted by atomic mass is 32.2. The van der Waals surface area contributed by atoms with Crippen molar-refractivity contribution in [1.29, 1.82) is 0 Å². The van der Waals surface area contributed by atoms with Crippen LogP contribution >= 0.6 is 10.5 Å². The average Bonchev–Trinajstić information content (AvgIpc) is 2.61. The van der Waals surface area contributed by atoms with Crippen LogP contribution in [-0.2, 0) is 4.79 Å². The Kier molecular flexibility index (Phi) is 3.54. The molecule has 0 saturated heterocycles. The van der Waals surface area contributed by atoms with Crippen LogP contribution in [-0.4, -0.2) is 26.7 Å². The maximum absolute atomic E-state index is 11.6. The lowest BCUT2D eigenvalue weighted by atomic mass is 10.2. The molecule has 0 aromatic heterocycles. The van der Waals surface area contributed by atoms with Crippen molar-refractivity contribution in [3.63, 3.8) is 0 Å². The average molecular weight is 249 g/mol. The summed E-state index contributed by atoms with van der Waals surface area (Å²) in [5.74, 6) is 0. The van der Waals surface area contributed by atoms with Gasteiger partial charge in [-0.25, -0.2) is 4.99 Å². The Balaban J connectivity index is 2.32. The Bertz CT molecular complexity index is 520. The van der Waals surface area contributed by atoms with Crippen LogP contribution in [0.1, 0.15) is 18.9 Å². The minimum absolute atomic E-state index is 0.0762. The van der Waals surface area contributed by atoms with Gasteiger partial charge in [-0.05, 0) is 30.8 Å². The smallest absolute Gasteiger partial charge is 0.191 e. The van der Waals surface area contributed by atoms with Gasteiger partial charge in [-0.3, -0.25) is 4.79 Å². The number of hydrogen-bond donors (Lipinski definition) is 1. The lowest BCUT2D eigenvalue weighted by molar-refractivity contribution is -0.111. The number of rotatable bonds is 1. The van der Waals surface area contributed by atoms with Crippen molar-refractivity contribution in [2.75, 3.05) is 0 Å². The van der Waals surface area contributed by atoms with Crippen LogP contribution in [0.4, 0.5) is 5.69 Å². The molecule has 1 aliphatic heterocycles. The summed E-state index contributed by atoms with van der Waals surface area (Å²) >= 11 is 0. The van der Waals surface area contributed by atoms with Gasteiger partial charge in [0.05, 0.1) is 16.8 Å². The number of carbonyl (C=O) groups is 1. The number of nitrogens with zero attached hydrogens (tertiary/aromatic N) is 1. The van der Waals surface area contributed by atoms with Crippen LogP contribution in [0.25, 0.3) is 0 Å². The first-order valence-corrected chi connectivity index (χ1v) is 6.76. The Labute approximate surface area is 103 Å². The van der Waals surface area contributed by atoms with Gasteiger partial charge in [0, 0.05) is 6.42 Å². The van der Waals surface area contributed by atoms with Crippen molar-refractivity contribution in [1.82, 2.24) is 0 Å². The lowest BCUT2D eigenvalue weighted by Gasteiger charge is -2.03. The van der Waals surface area contributed by atoms with Gasteiger partial charge in [-0.1, -0.05) is 28.7 Å². The van der Waals surface area contributed by atoms with Crippen molar-refractivity contribution in [2.45, 2.75) is 26.4 Å². The molecular weight excluding hydrogens is 234 g/mol. The first-order valence-electron chi connectivity index (χ1n) is 5.48. The van der Waals surface area contributed by atoms with Gasteiger partial charge in [-0.15, -0.1) is 0 Å². The van der Waals surface area contributed by atoms with Crippen molar-refractivity contribution >= 4 is 31.7 Å². The quantitative estimate of drug-likeness (QED) is 0.472. The molecule has 2 atom stereocenters. The zero-order chi connectivity index (χ0) is 12.4. The van der Waals surface area contributed by atoms with E-state index in [4.69, 9.17) is 0 Å². The highest BCUT2D eigenvalue weighted by molar-refractivity contribution is 8.39. The molecule has 0 saturated carbocycles. The number of para-hydroxylation sites is 1. The standard InChI is InChI=1S/C13H15NO2S/c1-9-5-3-4-6-12(9)14-10(2)17-8-11(15)7-13(17)16/h3-6,8,11,15H,7H2,1-2H3. The van der Waals surface area contributed by atoms with E-state index < -0.39 is 16.6 Å². The van der Waals surface area contributed by atoms with Gasteiger partial charge >= 0.3 is 0 Å². The Hall–Kier alpha value is -1.26. The molecule has 0 radical (unpaired) electrons. The predicted molar refractivity (Wildman–Crippen MR) is 73.2 cm³/mol. The molecule has 0 bridgehead atoms. The number of aliphatic hydroxyl groups is 1. The summed E-state index contributed by atoms with van der Waals surface area (Å²) in [5, 5.41) is 12.0. The van der Waals surface area contributed by atoms with Crippen molar-refractivity contribution < 1.29 is 9.90 Å². The molecule has 0 amide bonds. The normalized spacial score (nSPS) is 24.9. The molecule has 1 N–H and O–H groups in total. The van der Waals surface area contributed by atoms with Crippen molar-refractivity contribution in [2.24, 2.45) is 4.99 Å². The first-order chi connectivity index (χ1) is 8.08. The van der Waals surface area contributed by atoms with Crippen molar-refractivity contribution in [3.05, 3.63) is 29.8 Å². The summed E-state index contributed by atoms with van der Waals surface area (Å²) in [6.45, 7) is 3.84. The molecule has 3 nitrogen and oxygen atoms in total. The summed E-state index contributed by atoms with van der Waals surface area (Å²) in [4.78, 5) is 16.1. The SMILES string of the molecule is CC(=Nc1ccccc1C)S1=CC(O)CC1=O. The fraction of sp³-hybridized carbons (Fsp3) is 0.308. The van der Waals surface area contributed by atoms with Gasteiger partial charge < -0.3 is 5.11 Å². The van der Waals surface area contributed by atoms with Crippen molar-refractivity contribution in [3.8, 4) is 0 Å². The number of hydrogen-bond acceptors (Lipinski definition) is 3. The predicted octanol–water partition coefficient (Wildman–Crippen LogP) is 2.41. The van der Waals surface area contributed by atoms with E-state index >= 15 is 0 Å². The molecule has 1 aliphatic rings. The number of carbonyl (C=O) groups excluding carboxylic acids is 1.